The minimum absolute atomic E-state index is 0.227. The van der Waals surface area contributed by atoms with Gasteiger partial charge >= 0.3 is 0 Å². The van der Waals surface area contributed by atoms with Crippen molar-refractivity contribution in [3.63, 3.8) is 0 Å². The molecule has 0 heterocycles. The molecule has 2 rings (SSSR count). The molecular formula is C15H20O2. The zero-order chi connectivity index (χ0) is 12.4. The van der Waals surface area contributed by atoms with Crippen molar-refractivity contribution in [3.05, 3.63) is 29.8 Å². The number of rotatable bonds is 3. The van der Waals surface area contributed by atoms with Crippen LogP contribution in [0.4, 0.5) is 0 Å². The number of Topliss-reactive ketones (excluding diaryl/α,β-unsaturated/α-hetero) is 1. The van der Waals surface area contributed by atoms with Gasteiger partial charge in [-0.15, -0.1) is 0 Å². The lowest BCUT2D eigenvalue weighted by Gasteiger charge is -2.13. The first-order valence-electron chi connectivity index (χ1n) is 6.35. The molecule has 0 radical (unpaired) electrons. The number of ether oxygens (including phenoxy) is 1. The molecule has 17 heavy (non-hydrogen) atoms. The molecule has 1 aromatic carbocycles. The van der Waals surface area contributed by atoms with Gasteiger partial charge in [-0.25, -0.2) is 0 Å². The minimum atomic E-state index is -0.227. The summed E-state index contributed by atoms with van der Waals surface area (Å²) in [6.07, 6.45) is 1.29. The van der Waals surface area contributed by atoms with Gasteiger partial charge in [0.25, 0.3) is 0 Å². The average Bonchev–Trinajstić information content (AvgIpc) is 2.58. The standard InChI is InChI=1S/C15H20O2/c1-10(2)12-4-6-13(7-5-12)17-15-9-11(3)8-14(15)16/h4-7,10-11,15H,8-9H2,1-3H3. The predicted octanol–water partition coefficient (Wildman–Crippen LogP) is 3.56. The van der Waals surface area contributed by atoms with Crippen molar-refractivity contribution in [1.82, 2.24) is 0 Å². The van der Waals surface area contributed by atoms with Crippen LogP contribution < -0.4 is 4.74 Å². The van der Waals surface area contributed by atoms with Gasteiger partial charge in [-0.2, -0.15) is 0 Å². The average molecular weight is 232 g/mol. The second-order valence-corrected chi connectivity index (χ2v) is 5.34. The first kappa shape index (κ1) is 12.2. The molecule has 2 unspecified atom stereocenters. The van der Waals surface area contributed by atoms with E-state index in [1.54, 1.807) is 0 Å². The summed E-state index contributed by atoms with van der Waals surface area (Å²) in [5, 5.41) is 0. The Kier molecular flexibility index (Phi) is 3.51. The first-order valence-corrected chi connectivity index (χ1v) is 6.35. The maximum atomic E-state index is 11.6. The number of hydrogen-bond acceptors (Lipinski definition) is 2. The topological polar surface area (TPSA) is 26.3 Å². The molecule has 0 bridgehead atoms. The fourth-order valence-electron chi connectivity index (χ4n) is 2.26. The highest BCUT2D eigenvalue weighted by Crippen LogP contribution is 2.27. The molecule has 0 spiro atoms. The third kappa shape index (κ3) is 2.87. The first-order chi connectivity index (χ1) is 8.06. The van der Waals surface area contributed by atoms with Crippen LogP contribution in [0.2, 0.25) is 0 Å². The molecule has 1 aromatic rings. The second-order valence-electron chi connectivity index (χ2n) is 5.34. The molecule has 0 aliphatic heterocycles. The lowest BCUT2D eigenvalue weighted by atomic mass is 10.0. The van der Waals surface area contributed by atoms with Crippen LogP contribution in [-0.2, 0) is 4.79 Å². The summed E-state index contributed by atoms with van der Waals surface area (Å²) in [5.74, 6) is 2.03. The molecule has 0 N–H and O–H groups in total. The lowest BCUT2D eigenvalue weighted by Crippen LogP contribution is -2.20. The molecule has 1 saturated carbocycles. The van der Waals surface area contributed by atoms with E-state index in [4.69, 9.17) is 4.74 Å². The molecule has 2 nitrogen and oxygen atoms in total. The van der Waals surface area contributed by atoms with Crippen molar-refractivity contribution in [1.29, 1.82) is 0 Å². The highest BCUT2D eigenvalue weighted by Gasteiger charge is 2.31. The van der Waals surface area contributed by atoms with Gasteiger partial charge in [0.05, 0.1) is 0 Å². The van der Waals surface area contributed by atoms with Crippen LogP contribution in [0.15, 0.2) is 24.3 Å². The molecule has 92 valence electrons. The van der Waals surface area contributed by atoms with E-state index in [0.717, 1.165) is 12.2 Å². The maximum Gasteiger partial charge on any atom is 0.173 e. The van der Waals surface area contributed by atoms with Crippen molar-refractivity contribution in [3.8, 4) is 5.75 Å². The van der Waals surface area contributed by atoms with E-state index < -0.39 is 0 Å². The van der Waals surface area contributed by atoms with Crippen LogP contribution in [0, 0.1) is 5.92 Å². The Morgan fingerprint density at radius 3 is 2.35 bits per heavy atom. The van der Waals surface area contributed by atoms with E-state index in [1.165, 1.54) is 5.56 Å². The SMILES string of the molecule is CC1CC(=O)C(Oc2ccc(C(C)C)cc2)C1. The van der Waals surface area contributed by atoms with Crippen molar-refractivity contribution >= 4 is 5.78 Å². The molecule has 2 atom stereocenters. The molecule has 1 aliphatic carbocycles. The van der Waals surface area contributed by atoms with Crippen LogP contribution in [0.25, 0.3) is 0 Å². The van der Waals surface area contributed by atoms with E-state index in [0.29, 0.717) is 18.3 Å². The van der Waals surface area contributed by atoms with Crippen molar-refractivity contribution in [2.45, 2.75) is 45.6 Å². The number of ketones is 1. The Morgan fingerprint density at radius 2 is 1.88 bits per heavy atom. The van der Waals surface area contributed by atoms with Crippen molar-refractivity contribution in [2.75, 3.05) is 0 Å². The van der Waals surface area contributed by atoms with Crippen LogP contribution in [-0.4, -0.2) is 11.9 Å². The Hall–Kier alpha value is -1.31. The van der Waals surface area contributed by atoms with E-state index in [1.807, 2.05) is 12.1 Å². The number of hydrogen-bond donors (Lipinski definition) is 0. The highest BCUT2D eigenvalue weighted by atomic mass is 16.5. The smallest absolute Gasteiger partial charge is 0.173 e. The van der Waals surface area contributed by atoms with Gasteiger partial charge in [0.15, 0.2) is 11.9 Å². The zero-order valence-electron chi connectivity index (χ0n) is 10.8. The zero-order valence-corrected chi connectivity index (χ0v) is 10.8. The lowest BCUT2D eigenvalue weighted by molar-refractivity contribution is -0.123. The van der Waals surface area contributed by atoms with Gasteiger partial charge in [0.2, 0.25) is 0 Å². The summed E-state index contributed by atoms with van der Waals surface area (Å²) in [6.45, 7) is 6.43. The summed E-state index contributed by atoms with van der Waals surface area (Å²) in [7, 11) is 0. The summed E-state index contributed by atoms with van der Waals surface area (Å²) in [5.41, 5.74) is 1.29. The van der Waals surface area contributed by atoms with Gasteiger partial charge in [0.1, 0.15) is 5.75 Å². The van der Waals surface area contributed by atoms with E-state index >= 15 is 0 Å². The molecule has 1 fully saturated rings. The van der Waals surface area contributed by atoms with Crippen molar-refractivity contribution < 1.29 is 9.53 Å². The maximum absolute atomic E-state index is 11.6. The fourth-order valence-corrected chi connectivity index (χ4v) is 2.26. The third-order valence-corrected chi connectivity index (χ3v) is 3.35. The fraction of sp³-hybridized carbons (Fsp3) is 0.533. The Bertz CT molecular complexity index is 392. The van der Waals surface area contributed by atoms with Crippen LogP contribution >= 0.6 is 0 Å². The van der Waals surface area contributed by atoms with Crippen LogP contribution in [0.1, 0.15) is 45.1 Å². The largest absolute Gasteiger partial charge is 0.483 e. The Balaban J connectivity index is 2.02. The monoisotopic (exact) mass is 232 g/mol. The predicted molar refractivity (Wildman–Crippen MR) is 68.4 cm³/mol. The normalized spacial score (nSPS) is 24.4. The molecule has 0 amide bonds. The quantitative estimate of drug-likeness (QED) is 0.796. The van der Waals surface area contributed by atoms with Gasteiger partial charge in [-0.3, -0.25) is 4.79 Å². The molecule has 1 aliphatic rings. The van der Waals surface area contributed by atoms with Crippen LogP contribution in [0.3, 0.4) is 0 Å². The third-order valence-electron chi connectivity index (χ3n) is 3.35. The molecular weight excluding hydrogens is 212 g/mol. The van der Waals surface area contributed by atoms with E-state index in [-0.39, 0.29) is 11.9 Å². The van der Waals surface area contributed by atoms with Gasteiger partial charge in [0, 0.05) is 6.42 Å². The Morgan fingerprint density at radius 1 is 1.24 bits per heavy atom. The summed E-state index contributed by atoms with van der Waals surface area (Å²) in [6, 6.07) is 8.07. The second kappa shape index (κ2) is 4.91. The highest BCUT2D eigenvalue weighted by molar-refractivity contribution is 5.85. The van der Waals surface area contributed by atoms with Gasteiger partial charge in [-0.05, 0) is 36.0 Å². The summed E-state index contributed by atoms with van der Waals surface area (Å²) in [4.78, 5) is 11.6. The van der Waals surface area contributed by atoms with E-state index in [9.17, 15) is 4.79 Å². The van der Waals surface area contributed by atoms with Gasteiger partial charge in [-0.1, -0.05) is 32.9 Å². The van der Waals surface area contributed by atoms with Gasteiger partial charge < -0.3 is 4.74 Å². The Labute approximate surface area is 103 Å². The molecule has 2 heteroatoms. The van der Waals surface area contributed by atoms with Crippen LogP contribution in [0.5, 0.6) is 5.75 Å². The number of benzene rings is 1. The number of carbonyl (C=O) groups is 1. The van der Waals surface area contributed by atoms with Crippen molar-refractivity contribution in [2.24, 2.45) is 5.92 Å². The summed E-state index contributed by atoms with van der Waals surface area (Å²) < 4.78 is 5.74. The molecule has 0 aromatic heterocycles. The number of carbonyl (C=O) groups excluding carboxylic acids is 1. The minimum Gasteiger partial charge on any atom is -0.483 e. The van der Waals surface area contributed by atoms with E-state index in [2.05, 4.69) is 32.9 Å². The summed E-state index contributed by atoms with van der Waals surface area (Å²) >= 11 is 0. The molecule has 0 saturated heterocycles.